The molecule has 0 bridgehead atoms. The van der Waals surface area contributed by atoms with Gasteiger partial charge in [-0.2, -0.15) is 0 Å². The summed E-state index contributed by atoms with van der Waals surface area (Å²) in [6.45, 7) is 6.89. The third kappa shape index (κ3) is 9.65. The maximum atomic E-state index is 10.3. The molecule has 3 N–H and O–H groups in total. The van der Waals surface area contributed by atoms with Gasteiger partial charge in [0, 0.05) is 26.2 Å². The minimum Gasteiger partial charge on any atom is -0.480 e. The van der Waals surface area contributed by atoms with Crippen molar-refractivity contribution in [1.29, 1.82) is 0 Å². The fourth-order valence-corrected chi connectivity index (χ4v) is 1.35. The molecule has 0 unspecified atom stereocenters. The van der Waals surface area contributed by atoms with E-state index in [1.165, 1.54) is 0 Å². The summed E-state index contributed by atoms with van der Waals surface area (Å²) in [5.41, 5.74) is 0. The maximum absolute atomic E-state index is 10.3. The molecule has 0 aliphatic rings. The molecule has 0 aromatic carbocycles. The Morgan fingerprint density at radius 2 is 1.93 bits per heavy atom. The molecule has 0 rings (SSSR count). The SMILES string of the molecule is CCCN(CCNC)CCNCC(=O)O. The second-order valence-corrected chi connectivity index (χ2v) is 3.52. The molecule has 0 saturated heterocycles. The molecule has 15 heavy (non-hydrogen) atoms. The average Bonchev–Trinajstić information content (AvgIpc) is 2.20. The Hall–Kier alpha value is -0.650. The van der Waals surface area contributed by atoms with Gasteiger partial charge >= 0.3 is 5.97 Å². The predicted molar refractivity (Wildman–Crippen MR) is 61.2 cm³/mol. The Labute approximate surface area is 91.8 Å². The quantitative estimate of drug-likeness (QED) is 0.434. The predicted octanol–water partition coefficient (Wildman–Crippen LogP) is -0.408. The number of nitrogens with zero attached hydrogens (tertiary/aromatic N) is 1. The van der Waals surface area contributed by atoms with Crippen LogP contribution in [0.1, 0.15) is 13.3 Å². The molecule has 0 radical (unpaired) electrons. The normalized spacial score (nSPS) is 10.9. The first-order chi connectivity index (χ1) is 7.20. The van der Waals surface area contributed by atoms with Crippen molar-refractivity contribution in [2.24, 2.45) is 0 Å². The van der Waals surface area contributed by atoms with Crippen LogP contribution in [0.4, 0.5) is 0 Å². The third-order valence-electron chi connectivity index (χ3n) is 2.10. The van der Waals surface area contributed by atoms with Crippen molar-refractivity contribution in [2.45, 2.75) is 13.3 Å². The van der Waals surface area contributed by atoms with Crippen molar-refractivity contribution in [3.63, 3.8) is 0 Å². The van der Waals surface area contributed by atoms with Gasteiger partial charge in [0.05, 0.1) is 6.54 Å². The van der Waals surface area contributed by atoms with Gasteiger partial charge in [0.1, 0.15) is 0 Å². The highest BCUT2D eigenvalue weighted by molar-refractivity contribution is 5.68. The van der Waals surface area contributed by atoms with Crippen molar-refractivity contribution in [3.8, 4) is 0 Å². The topological polar surface area (TPSA) is 64.6 Å². The highest BCUT2D eigenvalue weighted by atomic mass is 16.4. The summed E-state index contributed by atoms with van der Waals surface area (Å²) in [5.74, 6) is -0.799. The van der Waals surface area contributed by atoms with Crippen molar-refractivity contribution in [3.05, 3.63) is 0 Å². The van der Waals surface area contributed by atoms with Crippen molar-refractivity contribution in [2.75, 3.05) is 46.3 Å². The Balaban J connectivity index is 3.51. The first-order valence-electron chi connectivity index (χ1n) is 5.50. The highest BCUT2D eigenvalue weighted by Gasteiger charge is 2.02. The van der Waals surface area contributed by atoms with E-state index in [4.69, 9.17) is 5.11 Å². The van der Waals surface area contributed by atoms with Crippen LogP contribution in [0, 0.1) is 0 Å². The summed E-state index contributed by atoms with van der Waals surface area (Å²) in [6.07, 6.45) is 1.13. The van der Waals surface area contributed by atoms with Gasteiger partial charge in [-0.05, 0) is 20.0 Å². The molecule has 0 heterocycles. The van der Waals surface area contributed by atoms with E-state index in [1.807, 2.05) is 7.05 Å². The number of rotatable bonds is 10. The van der Waals surface area contributed by atoms with Crippen LogP contribution in [0.2, 0.25) is 0 Å². The minimum atomic E-state index is -0.799. The second kappa shape index (κ2) is 9.89. The van der Waals surface area contributed by atoms with E-state index in [1.54, 1.807) is 0 Å². The lowest BCUT2D eigenvalue weighted by Crippen LogP contribution is -2.37. The van der Waals surface area contributed by atoms with Gasteiger partial charge in [0.25, 0.3) is 0 Å². The number of carboxylic acids is 1. The highest BCUT2D eigenvalue weighted by Crippen LogP contribution is 1.89. The molecule has 0 aliphatic heterocycles. The van der Waals surface area contributed by atoms with Crippen molar-refractivity contribution in [1.82, 2.24) is 15.5 Å². The fourth-order valence-electron chi connectivity index (χ4n) is 1.35. The summed E-state index contributed by atoms with van der Waals surface area (Å²) in [6, 6.07) is 0. The number of carbonyl (C=O) groups is 1. The van der Waals surface area contributed by atoms with Gasteiger partial charge in [0.15, 0.2) is 0 Å². The number of carboxylic acid groups (broad SMARTS) is 1. The molecule has 0 spiro atoms. The molecule has 0 fully saturated rings. The summed E-state index contributed by atoms with van der Waals surface area (Å²) in [4.78, 5) is 12.6. The third-order valence-corrected chi connectivity index (χ3v) is 2.10. The Kier molecular flexibility index (Phi) is 9.46. The molecular weight excluding hydrogens is 194 g/mol. The molecule has 0 saturated carbocycles. The molecule has 0 aromatic rings. The summed E-state index contributed by atoms with van der Waals surface area (Å²) in [5, 5.41) is 14.4. The molecule has 0 aliphatic carbocycles. The Morgan fingerprint density at radius 1 is 1.27 bits per heavy atom. The smallest absolute Gasteiger partial charge is 0.317 e. The monoisotopic (exact) mass is 217 g/mol. The van der Waals surface area contributed by atoms with E-state index in [2.05, 4.69) is 22.5 Å². The van der Waals surface area contributed by atoms with E-state index < -0.39 is 5.97 Å². The first-order valence-corrected chi connectivity index (χ1v) is 5.50. The van der Waals surface area contributed by atoms with Gasteiger partial charge in [-0.1, -0.05) is 6.92 Å². The van der Waals surface area contributed by atoms with Crippen LogP contribution < -0.4 is 10.6 Å². The molecular formula is C10H23N3O2. The van der Waals surface area contributed by atoms with Crippen LogP contribution in [-0.4, -0.2) is 62.3 Å². The van der Waals surface area contributed by atoms with E-state index >= 15 is 0 Å². The van der Waals surface area contributed by atoms with Gasteiger partial charge in [-0.25, -0.2) is 0 Å². The van der Waals surface area contributed by atoms with Crippen LogP contribution >= 0.6 is 0 Å². The molecule has 0 atom stereocenters. The number of aliphatic carboxylic acids is 1. The Bertz CT molecular complexity index is 165. The zero-order valence-electron chi connectivity index (χ0n) is 9.75. The largest absolute Gasteiger partial charge is 0.480 e. The number of hydrogen-bond donors (Lipinski definition) is 3. The first kappa shape index (κ1) is 14.3. The lowest BCUT2D eigenvalue weighted by Gasteiger charge is -2.21. The van der Waals surface area contributed by atoms with Crippen LogP contribution in [0.5, 0.6) is 0 Å². The molecule has 0 aromatic heterocycles. The van der Waals surface area contributed by atoms with E-state index in [0.29, 0.717) is 0 Å². The zero-order chi connectivity index (χ0) is 11.5. The standard InChI is InChI=1S/C10H23N3O2/c1-3-6-13(7-4-11-2)8-5-12-9-10(14)15/h11-12H,3-9H2,1-2H3,(H,14,15). The van der Waals surface area contributed by atoms with Crippen LogP contribution in [0.25, 0.3) is 0 Å². The van der Waals surface area contributed by atoms with Gasteiger partial charge in [0.2, 0.25) is 0 Å². The summed E-state index contributed by atoms with van der Waals surface area (Å²) >= 11 is 0. The van der Waals surface area contributed by atoms with Crippen LogP contribution in [0.3, 0.4) is 0 Å². The summed E-state index contributed by atoms with van der Waals surface area (Å²) < 4.78 is 0. The molecule has 0 amide bonds. The van der Waals surface area contributed by atoms with Gasteiger partial charge in [-0.3, -0.25) is 4.79 Å². The molecule has 90 valence electrons. The fraction of sp³-hybridized carbons (Fsp3) is 0.900. The zero-order valence-corrected chi connectivity index (χ0v) is 9.75. The Morgan fingerprint density at radius 3 is 2.47 bits per heavy atom. The minimum absolute atomic E-state index is 0.0476. The molecule has 5 nitrogen and oxygen atoms in total. The average molecular weight is 217 g/mol. The van der Waals surface area contributed by atoms with E-state index in [0.717, 1.165) is 39.1 Å². The maximum Gasteiger partial charge on any atom is 0.317 e. The van der Waals surface area contributed by atoms with Gasteiger partial charge < -0.3 is 20.6 Å². The number of nitrogens with one attached hydrogen (secondary N) is 2. The lowest BCUT2D eigenvalue weighted by molar-refractivity contribution is -0.135. The second-order valence-electron chi connectivity index (χ2n) is 3.52. The van der Waals surface area contributed by atoms with E-state index in [9.17, 15) is 4.79 Å². The van der Waals surface area contributed by atoms with Crippen molar-refractivity contribution >= 4 is 5.97 Å². The van der Waals surface area contributed by atoms with Crippen LogP contribution in [-0.2, 0) is 4.79 Å². The van der Waals surface area contributed by atoms with Gasteiger partial charge in [-0.15, -0.1) is 0 Å². The lowest BCUT2D eigenvalue weighted by atomic mass is 10.4. The molecule has 5 heteroatoms. The number of hydrogen-bond acceptors (Lipinski definition) is 4. The summed E-state index contributed by atoms with van der Waals surface area (Å²) in [7, 11) is 1.94. The van der Waals surface area contributed by atoms with E-state index in [-0.39, 0.29) is 6.54 Å². The number of likely N-dealkylation sites (N-methyl/N-ethyl adjacent to an activating group) is 1. The van der Waals surface area contributed by atoms with Crippen molar-refractivity contribution < 1.29 is 9.90 Å². The van der Waals surface area contributed by atoms with Crippen LogP contribution in [0.15, 0.2) is 0 Å².